The van der Waals surface area contributed by atoms with Crippen LogP contribution in [0.5, 0.6) is 0 Å². The summed E-state index contributed by atoms with van der Waals surface area (Å²) in [5.74, 6) is -0.0830. The van der Waals surface area contributed by atoms with Crippen LogP contribution in [0.2, 0.25) is 0 Å². The third kappa shape index (κ3) is 4.91. The Bertz CT molecular complexity index is 612. The first-order valence-corrected chi connectivity index (χ1v) is 7.89. The van der Waals surface area contributed by atoms with Crippen LogP contribution in [0.4, 0.5) is 0 Å². The number of nitrogens with zero attached hydrogens (tertiary/aromatic N) is 3. The molecule has 1 aromatic rings. The largest absolute Gasteiger partial charge is 0.341 e. The van der Waals surface area contributed by atoms with Crippen molar-refractivity contribution in [2.45, 2.75) is 33.6 Å². The van der Waals surface area contributed by atoms with Crippen molar-refractivity contribution in [1.29, 1.82) is 0 Å². The van der Waals surface area contributed by atoms with Crippen molar-refractivity contribution in [2.24, 2.45) is 5.41 Å². The van der Waals surface area contributed by atoms with Gasteiger partial charge in [0.25, 0.3) is 11.5 Å². The van der Waals surface area contributed by atoms with Crippen molar-refractivity contribution in [1.82, 2.24) is 20.0 Å². The zero-order valence-corrected chi connectivity index (χ0v) is 14.0. The molecule has 0 aliphatic carbocycles. The van der Waals surface area contributed by atoms with Crippen LogP contribution in [0.3, 0.4) is 0 Å². The van der Waals surface area contributed by atoms with E-state index in [-0.39, 0.29) is 28.5 Å². The van der Waals surface area contributed by atoms with Crippen LogP contribution in [-0.2, 0) is 4.79 Å². The molecular weight excluding hydrogens is 296 g/mol. The zero-order chi connectivity index (χ0) is 17.0. The predicted octanol–water partition coefficient (Wildman–Crippen LogP) is 0.881. The van der Waals surface area contributed by atoms with Gasteiger partial charge in [-0.25, -0.2) is 5.10 Å². The fourth-order valence-electron chi connectivity index (χ4n) is 2.56. The average Bonchev–Trinajstić information content (AvgIpc) is 2.71. The van der Waals surface area contributed by atoms with E-state index in [1.165, 1.54) is 12.1 Å². The van der Waals surface area contributed by atoms with Gasteiger partial charge in [0, 0.05) is 38.7 Å². The molecule has 23 heavy (non-hydrogen) atoms. The van der Waals surface area contributed by atoms with E-state index < -0.39 is 0 Å². The number of H-pyrrole nitrogens is 1. The summed E-state index contributed by atoms with van der Waals surface area (Å²) in [6.45, 7) is 8.39. The summed E-state index contributed by atoms with van der Waals surface area (Å²) in [5.41, 5.74) is -0.158. The Morgan fingerprint density at radius 2 is 1.78 bits per heavy atom. The van der Waals surface area contributed by atoms with Gasteiger partial charge in [0.2, 0.25) is 5.91 Å². The first-order valence-electron chi connectivity index (χ1n) is 7.89. The SMILES string of the molecule is CC(C)(C)CC(=O)N1CCCN(C(=O)c2ccc(=O)[nH]n2)CC1. The number of carbonyl (C=O) groups excluding carboxylic acids is 2. The Labute approximate surface area is 135 Å². The van der Waals surface area contributed by atoms with Crippen molar-refractivity contribution in [3.05, 3.63) is 28.2 Å². The molecule has 0 spiro atoms. The number of amides is 2. The summed E-state index contributed by atoms with van der Waals surface area (Å²) in [4.78, 5) is 39.3. The predicted molar refractivity (Wildman–Crippen MR) is 86.0 cm³/mol. The summed E-state index contributed by atoms with van der Waals surface area (Å²) < 4.78 is 0. The van der Waals surface area contributed by atoms with Crippen LogP contribution in [0.25, 0.3) is 0 Å². The lowest BCUT2D eigenvalue weighted by atomic mass is 9.91. The molecule has 2 rings (SSSR count). The van der Waals surface area contributed by atoms with Crippen molar-refractivity contribution in [3.8, 4) is 0 Å². The Hall–Kier alpha value is -2.18. The van der Waals surface area contributed by atoms with Gasteiger partial charge in [0.1, 0.15) is 5.69 Å². The molecule has 2 amide bonds. The van der Waals surface area contributed by atoms with Gasteiger partial charge in [-0.1, -0.05) is 20.8 Å². The standard InChI is InChI=1S/C16H24N4O3/c1-16(2,3)11-14(22)19-7-4-8-20(10-9-19)15(23)12-5-6-13(21)18-17-12/h5-6H,4,7-11H2,1-3H3,(H,18,21). The van der Waals surface area contributed by atoms with Crippen molar-refractivity contribution in [3.63, 3.8) is 0 Å². The minimum absolute atomic E-state index is 0.0429. The van der Waals surface area contributed by atoms with E-state index in [1.807, 2.05) is 25.7 Å². The summed E-state index contributed by atoms with van der Waals surface area (Å²) in [6.07, 6.45) is 1.24. The highest BCUT2D eigenvalue weighted by atomic mass is 16.2. The van der Waals surface area contributed by atoms with E-state index in [0.717, 1.165) is 6.42 Å². The van der Waals surface area contributed by atoms with Gasteiger partial charge in [-0.15, -0.1) is 0 Å². The van der Waals surface area contributed by atoms with Crippen LogP contribution in [-0.4, -0.2) is 58.0 Å². The number of hydrogen-bond donors (Lipinski definition) is 1. The first-order chi connectivity index (χ1) is 10.8. The number of aromatic nitrogens is 2. The van der Waals surface area contributed by atoms with Gasteiger partial charge in [-0.05, 0) is 17.9 Å². The zero-order valence-electron chi connectivity index (χ0n) is 14.0. The second kappa shape index (κ2) is 6.93. The Balaban J connectivity index is 1.98. The van der Waals surface area contributed by atoms with Crippen molar-refractivity contribution in [2.75, 3.05) is 26.2 Å². The third-order valence-electron chi connectivity index (χ3n) is 3.72. The summed E-state index contributed by atoms with van der Waals surface area (Å²) in [7, 11) is 0. The van der Waals surface area contributed by atoms with Crippen LogP contribution in [0.1, 0.15) is 44.1 Å². The molecule has 1 aliphatic heterocycles. The molecular formula is C16H24N4O3. The molecule has 0 aromatic carbocycles. The molecule has 126 valence electrons. The van der Waals surface area contributed by atoms with Gasteiger partial charge in [-0.3, -0.25) is 14.4 Å². The Morgan fingerprint density at radius 3 is 2.39 bits per heavy atom. The fraction of sp³-hybridized carbons (Fsp3) is 0.625. The molecule has 0 bridgehead atoms. The van der Waals surface area contributed by atoms with Gasteiger partial charge in [0.05, 0.1) is 0 Å². The van der Waals surface area contributed by atoms with E-state index in [9.17, 15) is 14.4 Å². The highest BCUT2D eigenvalue weighted by Gasteiger charge is 2.25. The van der Waals surface area contributed by atoms with E-state index in [2.05, 4.69) is 10.2 Å². The Kier molecular flexibility index (Phi) is 5.18. The Morgan fingerprint density at radius 1 is 1.13 bits per heavy atom. The molecule has 1 aliphatic rings. The van der Waals surface area contributed by atoms with Crippen LogP contribution in [0, 0.1) is 5.41 Å². The fourth-order valence-corrected chi connectivity index (χ4v) is 2.56. The van der Waals surface area contributed by atoms with Gasteiger partial charge in [-0.2, -0.15) is 5.10 Å². The minimum atomic E-state index is -0.337. The molecule has 0 atom stereocenters. The number of nitrogens with one attached hydrogen (secondary N) is 1. The lowest BCUT2D eigenvalue weighted by Crippen LogP contribution is -2.38. The molecule has 0 saturated carbocycles. The smallest absolute Gasteiger partial charge is 0.274 e. The van der Waals surface area contributed by atoms with Crippen molar-refractivity contribution >= 4 is 11.8 Å². The molecule has 1 N–H and O–H groups in total. The lowest BCUT2D eigenvalue weighted by molar-refractivity contribution is -0.132. The average molecular weight is 320 g/mol. The number of aromatic amines is 1. The molecule has 7 heteroatoms. The third-order valence-corrected chi connectivity index (χ3v) is 3.72. The number of rotatable bonds is 2. The number of hydrogen-bond acceptors (Lipinski definition) is 4. The van der Waals surface area contributed by atoms with Crippen LogP contribution in [0.15, 0.2) is 16.9 Å². The van der Waals surface area contributed by atoms with Crippen LogP contribution >= 0.6 is 0 Å². The highest BCUT2D eigenvalue weighted by molar-refractivity contribution is 5.92. The van der Waals surface area contributed by atoms with E-state index >= 15 is 0 Å². The topological polar surface area (TPSA) is 86.4 Å². The van der Waals surface area contributed by atoms with Gasteiger partial charge in [0.15, 0.2) is 0 Å². The first kappa shape index (κ1) is 17.2. The molecule has 2 heterocycles. The monoisotopic (exact) mass is 320 g/mol. The lowest BCUT2D eigenvalue weighted by Gasteiger charge is -2.25. The normalized spacial score (nSPS) is 16.1. The van der Waals surface area contributed by atoms with Gasteiger partial charge < -0.3 is 9.80 Å². The van der Waals surface area contributed by atoms with Crippen molar-refractivity contribution < 1.29 is 9.59 Å². The summed E-state index contributed by atoms with van der Waals surface area (Å²) >= 11 is 0. The summed E-state index contributed by atoms with van der Waals surface area (Å²) in [6, 6.07) is 2.71. The molecule has 1 saturated heterocycles. The second-order valence-corrected chi connectivity index (χ2v) is 7.07. The van der Waals surface area contributed by atoms with Crippen LogP contribution < -0.4 is 5.56 Å². The van der Waals surface area contributed by atoms with Gasteiger partial charge >= 0.3 is 0 Å². The molecule has 7 nitrogen and oxygen atoms in total. The quantitative estimate of drug-likeness (QED) is 0.876. The van der Waals surface area contributed by atoms with E-state index in [1.54, 1.807) is 4.90 Å². The maximum atomic E-state index is 12.4. The molecule has 1 fully saturated rings. The molecule has 1 aromatic heterocycles. The second-order valence-electron chi connectivity index (χ2n) is 7.07. The molecule has 0 radical (unpaired) electrons. The molecule has 0 unspecified atom stereocenters. The maximum Gasteiger partial charge on any atom is 0.274 e. The van der Waals surface area contributed by atoms with E-state index in [4.69, 9.17) is 0 Å². The highest BCUT2D eigenvalue weighted by Crippen LogP contribution is 2.20. The minimum Gasteiger partial charge on any atom is -0.341 e. The van der Waals surface area contributed by atoms with E-state index in [0.29, 0.717) is 32.6 Å². The maximum absolute atomic E-state index is 12.4. The number of carbonyl (C=O) groups is 2. The summed E-state index contributed by atoms with van der Waals surface area (Å²) in [5, 5.41) is 6.05.